The number of nitrogens with one attached hydrogen (secondary N) is 1. The second kappa shape index (κ2) is 8.13. The minimum Gasteiger partial charge on any atom is -0.397 e. The number of benzene rings is 3. The molecule has 0 heterocycles. The largest absolute Gasteiger partial charge is 0.541 e. The van der Waals surface area contributed by atoms with Gasteiger partial charge in [-0.2, -0.15) is 13.2 Å². The molecule has 0 amide bonds. The van der Waals surface area contributed by atoms with Crippen LogP contribution in [0.2, 0.25) is 0 Å². The molecule has 0 spiro atoms. The van der Waals surface area contributed by atoms with Crippen molar-refractivity contribution in [2.45, 2.75) is 6.18 Å². The van der Waals surface area contributed by atoms with Crippen LogP contribution in [0.3, 0.4) is 0 Å². The van der Waals surface area contributed by atoms with Gasteiger partial charge in [-0.15, -0.1) is 0 Å². The van der Waals surface area contributed by atoms with E-state index >= 15 is 0 Å². The molecule has 0 aliphatic rings. The average Bonchev–Trinajstić information content (AvgIpc) is 2.65. The molecule has 0 saturated heterocycles. The van der Waals surface area contributed by atoms with Crippen LogP contribution in [0.5, 0.6) is 11.5 Å². The number of alkyl halides is 3. The molecule has 0 aliphatic heterocycles. The van der Waals surface area contributed by atoms with Crippen LogP contribution in [0, 0.1) is 11.6 Å². The van der Waals surface area contributed by atoms with Gasteiger partial charge in [-0.25, -0.2) is 13.3 Å². The Morgan fingerprint density at radius 1 is 0.759 bits per heavy atom. The van der Waals surface area contributed by atoms with Crippen molar-refractivity contribution in [2.75, 3.05) is 5.09 Å². The topological polar surface area (TPSA) is 47.6 Å². The molecule has 0 atom stereocenters. The zero-order valence-corrected chi connectivity index (χ0v) is 15.4. The van der Waals surface area contributed by atoms with Gasteiger partial charge in [0.15, 0.2) is 23.1 Å². The highest BCUT2D eigenvalue weighted by Gasteiger charge is 2.34. The highest BCUT2D eigenvalue weighted by molar-refractivity contribution is 7.56. The summed E-state index contributed by atoms with van der Waals surface area (Å²) in [6.45, 7) is 0. The van der Waals surface area contributed by atoms with Crippen molar-refractivity contribution < 1.29 is 35.6 Å². The molecule has 3 rings (SSSR count). The standard InChI is InChI=1S/C19H13F5NO3P/c20-15-8-1-3-10-17(15)27-29(26,28-18-11-4-2-9-16(18)21)25-14-7-5-6-13(12-14)19(22,23)24/h1-12H,(H,25,26). The van der Waals surface area contributed by atoms with E-state index in [9.17, 15) is 26.5 Å². The SMILES string of the molecule is O=P(Nc1cccc(C(F)(F)F)c1)(Oc1ccccc1F)Oc1ccccc1F. The molecule has 3 aromatic rings. The predicted molar refractivity (Wildman–Crippen MR) is 96.7 cm³/mol. The molecule has 0 unspecified atom stereocenters. The third-order valence-electron chi connectivity index (χ3n) is 3.57. The van der Waals surface area contributed by atoms with Gasteiger partial charge < -0.3 is 9.05 Å². The lowest BCUT2D eigenvalue weighted by atomic mass is 10.2. The molecule has 4 nitrogen and oxygen atoms in total. The van der Waals surface area contributed by atoms with Crippen LogP contribution in [-0.2, 0) is 10.7 Å². The van der Waals surface area contributed by atoms with E-state index in [-0.39, 0.29) is 5.69 Å². The van der Waals surface area contributed by atoms with Crippen molar-refractivity contribution in [1.82, 2.24) is 0 Å². The van der Waals surface area contributed by atoms with Crippen molar-refractivity contribution in [3.05, 3.63) is 90.0 Å². The highest BCUT2D eigenvalue weighted by atomic mass is 31.2. The van der Waals surface area contributed by atoms with Gasteiger partial charge >= 0.3 is 13.9 Å². The lowest BCUT2D eigenvalue weighted by Gasteiger charge is -2.22. The third-order valence-corrected chi connectivity index (χ3v) is 4.97. The molecular formula is C19H13F5NO3P. The molecule has 0 saturated carbocycles. The Labute approximate surface area is 162 Å². The van der Waals surface area contributed by atoms with Crippen molar-refractivity contribution in [2.24, 2.45) is 0 Å². The Bertz CT molecular complexity index is 1010. The van der Waals surface area contributed by atoms with Gasteiger partial charge in [0.05, 0.1) is 5.56 Å². The Kier molecular flexibility index (Phi) is 5.79. The fourth-order valence-corrected chi connectivity index (χ4v) is 3.68. The van der Waals surface area contributed by atoms with E-state index in [1.54, 1.807) is 0 Å². The minimum absolute atomic E-state index is 0.282. The van der Waals surface area contributed by atoms with Crippen LogP contribution in [0.1, 0.15) is 5.56 Å². The molecule has 0 fully saturated rings. The Morgan fingerprint density at radius 2 is 1.28 bits per heavy atom. The summed E-state index contributed by atoms with van der Waals surface area (Å²) >= 11 is 0. The molecule has 0 radical (unpaired) electrons. The molecule has 152 valence electrons. The smallest absolute Gasteiger partial charge is 0.397 e. The maximum Gasteiger partial charge on any atom is 0.541 e. The summed E-state index contributed by atoms with van der Waals surface area (Å²) < 4.78 is 90.2. The number of para-hydroxylation sites is 2. The van der Waals surface area contributed by atoms with Crippen LogP contribution in [0.15, 0.2) is 72.8 Å². The summed E-state index contributed by atoms with van der Waals surface area (Å²) in [5.41, 5.74) is -1.30. The monoisotopic (exact) mass is 429 g/mol. The van der Waals surface area contributed by atoms with E-state index < -0.39 is 42.6 Å². The molecule has 1 N–H and O–H groups in total. The van der Waals surface area contributed by atoms with Gasteiger partial charge in [0.25, 0.3) is 0 Å². The summed E-state index contributed by atoms with van der Waals surface area (Å²) in [6, 6.07) is 13.5. The fourth-order valence-electron chi connectivity index (χ4n) is 2.28. The number of anilines is 1. The summed E-state index contributed by atoms with van der Waals surface area (Å²) in [6.07, 6.45) is -4.65. The maximum atomic E-state index is 13.9. The lowest BCUT2D eigenvalue weighted by Crippen LogP contribution is -2.12. The lowest BCUT2D eigenvalue weighted by molar-refractivity contribution is -0.137. The van der Waals surface area contributed by atoms with Crippen LogP contribution < -0.4 is 14.1 Å². The van der Waals surface area contributed by atoms with Gasteiger partial charge in [-0.1, -0.05) is 30.3 Å². The second-order valence-electron chi connectivity index (χ2n) is 5.73. The quantitative estimate of drug-likeness (QED) is 0.352. The van der Waals surface area contributed by atoms with Gasteiger partial charge in [-0.3, -0.25) is 5.09 Å². The Morgan fingerprint density at radius 3 is 1.76 bits per heavy atom. The maximum absolute atomic E-state index is 13.9. The number of hydrogen-bond acceptors (Lipinski definition) is 3. The van der Waals surface area contributed by atoms with E-state index in [0.29, 0.717) is 6.07 Å². The number of halogens is 5. The predicted octanol–water partition coefficient (Wildman–Crippen LogP) is 6.66. The molecule has 29 heavy (non-hydrogen) atoms. The second-order valence-corrected chi connectivity index (χ2v) is 7.31. The third kappa shape index (κ3) is 5.26. The Balaban J connectivity index is 1.98. The van der Waals surface area contributed by atoms with E-state index in [1.165, 1.54) is 30.3 Å². The van der Waals surface area contributed by atoms with Crippen LogP contribution in [0.25, 0.3) is 0 Å². The van der Waals surface area contributed by atoms with Crippen LogP contribution in [0.4, 0.5) is 27.6 Å². The summed E-state index contributed by atoms with van der Waals surface area (Å²) in [7, 11) is -4.61. The zero-order chi connectivity index (χ0) is 21.1. The zero-order valence-electron chi connectivity index (χ0n) is 14.5. The van der Waals surface area contributed by atoms with E-state index in [2.05, 4.69) is 5.09 Å². The summed E-state index contributed by atoms with van der Waals surface area (Å²) in [4.78, 5) is 0. The molecule has 0 aromatic heterocycles. The van der Waals surface area contributed by atoms with Crippen molar-refractivity contribution in [1.29, 1.82) is 0 Å². The first-order chi connectivity index (χ1) is 13.7. The van der Waals surface area contributed by atoms with E-state index in [4.69, 9.17) is 9.05 Å². The first-order valence-corrected chi connectivity index (χ1v) is 9.64. The van der Waals surface area contributed by atoms with Gasteiger partial charge in [0, 0.05) is 5.69 Å². The molecule has 3 aromatic carbocycles. The Hall–Kier alpha value is -3.06. The first kappa shape index (κ1) is 20.7. The summed E-state index contributed by atoms with van der Waals surface area (Å²) in [5, 5.41) is 2.20. The molecular weight excluding hydrogens is 416 g/mol. The van der Waals surface area contributed by atoms with Crippen LogP contribution in [-0.4, -0.2) is 0 Å². The molecule has 0 aliphatic carbocycles. The molecule has 0 bridgehead atoms. The highest BCUT2D eigenvalue weighted by Crippen LogP contribution is 2.49. The van der Waals surface area contributed by atoms with Gasteiger partial charge in [0.2, 0.25) is 0 Å². The average molecular weight is 429 g/mol. The van der Waals surface area contributed by atoms with E-state index in [1.807, 2.05) is 0 Å². The fraction of sp³-hybridized carbons (Fsp3) is 0.0526. The first-order valence-electron chi connectivity index (χ1n) is 8.10. The molecule has 10 heteroatoms. The van der Waals surface area contributed by atoms with Crippen molar-refractivity contribution >= 4 is 13.4 Å². The normalized spacial score (nSPS) is 11.8. The van der Waals surface area contributed by atoms with Crippen molar-refractivity contribution in [3.63, 3.8) is 0 Å². The van der Waals surface area contributed by atoms with Gasteiger partial charge in [0.1, 0.15) is 0 Å². The van der Waals surface area contributed by atoms with Crippen LogP contribution >= 0.6 is 7.75 Å². The minimum atomic E-state index is -4.65. The van der Waals surface area contributed by atoms with Crippen molar-refractivity contribution in [3.8, 4) is 11.5 Å². The number of rotatable bonds is 6. The van der Waals surface area contributed by atoms with E-state index in [0.717, 1.165) is 36.4 Å². The number of hydrogen-bond donors (Lipinski definition) is 1. The van der Waals surface area contributed by atoms with Gasteiger partial charge in [-0.05, 0) is 42.5 Å². The summed E-state index contributed by atoms with van der Waals surface area (Å²) in [5.74, 6) is -2.77.